The van der Waals surface area contributed by atoms with Gasteiger partial charge in [0.2, 0.25) is 0 Å². The van der Waals surface area contributed by atoms with E-state index in [9.17, 15) is 0 Å². The molecule has 0 amide bonds. The van der Waals surface area contributed by atoms with Crippen LogP contribution in [0.4, 0.5) is 0 Å². The van der Waals surface area contributed by atoms with Gasteiger partial charge in [0.1, 0.15) is 0 Å². The van der Waals surface area contributed by atoms with Crippen LogP contribution in [0, 0.1) is 0 Å². The summed E-state index contributed by atoms with van der Waals surface area (Å²) in [6.45, 7) is 1.17. The molecule has 1 aromatic heterocycles. The maximum absolute atomic E-state index is 4.09. The molecule has 0 spiro atoms. The molecule has 2 heterocycles. The first-order chi connectivity index (χ1) is 9.33. The molecule has 0 radical (unpaired) electrons. The molecule has 3 nitrogen and oxygen atoms in total. The van der Waals surface area contributed by atoms with Crippen molar-refractivity contribution in [3.8, 4) is 5.69 Å². The Kier molecular flexibility index (Phi) is 3.99. The number of piperidine rings is 1. The highest BCUT2D eigenvalue weighted by molar-refractivity contribution is 9.10. The molecule has 1 N–H and O–H groups in total. The lowest BCUT2D eigenvalue weighted by atomic mass is 9.98. The molecular weight excluding hydrogens is 302 g/mol. The third kappa shape index (κ3) is 3.07. The largest absolute Gasteiger partial charge is 0.314 e. The van der Waals surface area contributed by atoms with Gasteiger partial charge >= 0.3 is 0 Å². The summed E-state index contributed by atoms with van der Waals surface area (Å²) in [4.78, 5) is 4.09. The second-order valence-electron chi connectivity index (χ2n) is 5.11. The van der Waals surface area contributed by atoms with Crippen molar-refractivity contribution in [2.75, 3.05) is 6.54 Å². The molecule has 1 saturated heterocycles. The lowest BCUT2D eigenvalue weighted by molar-refractivity contribution is 0.399. The van der Waals surface area contributed by atoms with E-state index in [0.717, 1.165) is 16.6 Å². The Balaban J connectivity index is 1.75. The summed E-state index contributed by atoms with van der Waals surface area (Å²) in [7, 11) is 0. The molecule has 100 valence electrons. The van der Waals surface area contributed by atoms with Crippen molar-refractivity contribution in [2.45, 2.75) is 31.7 Å². The topological polar surface area (TPSA) is 29.9 Å². The highest BCUT2D eigenvalue weighted by Crippen LogP contribution is 2.23. The Morgan fingerprint density at radius 1 is 1.37 bits per heavy atom. The van der Waals surface area contributed by atoms with Crippen LogP contribution >= 0.6 is 15.9 Å². The molecule has 0 aliphatic carbocycles. The minimum Gasteiger partial charge on any atom is -0.314 e. The molecule has 1 aromatic carbocycles. The highest BCUT2D eigenvalue weighted by atomic mass is 79.9. The molecule has 1 unspecified atom stereocenters. The fourth-order valence-corrected chi connectivity index (χ4v) is 3.30. The molecule has 1 atom stereocenters. The zero-order valence-electron chi connectivity index (χ0n) is 10.8. The summed E-state index contributed by atoms with van der Waals surface area (Å²) in [6, 6.07) is 7.24. The Morgan fingerprint density at radius 2 is 2.32 bits per heavy atom. The van der Waals surface area contributed by atoms with Crippen LogP contribution in [0.2, 0.25) is 0 Å². The van der Waals surface area contributed by atoms with Gasteiger partial charge < -0.3 is 9.88 Å². The molecular formula is C15H18BrN3. The molecule has 1 aliphatic heterocycles. The molecule has 1 aliphatic rings. The molecule has 19 heavy (non-hydrogen) atoms. The monoisotopic (exact) mass is 319 g/mol. The van der Waals surface area contributed by atoms with Crippen LogP contribution in [0.15, 0.2) is 41.4 Å². The summed E-state index contributed by atoms with van der Waals surface area (Å²) in [5.74, 6) is 0. The Hall–Kier alpha value is -1.13. The predicted octanol–water partition coefficient (Wildman–Crippen LogP) is 3.32. The molecule has 0 saturated carbocycles. The van der Waals surface area contributed by atoms with Crippen molar-refractivity contribution >= 4 is 15.9 Å². The van der Waals surface area contributed by atoms with E-state index in [0.29, 0.717) is 6.04 Å². The van der Waals surface area contributed by atoms with E-state index >= 15 is 0 Å². The lowest BCUT2D eigenvalue weighted by Gasteiger charge is -2.23. The van der Waals surface area contributed by atoms with Gasteiger partial charge in [-0.2, -0.15) is 0 Å². The number of nitrogens with one attached hydrogen (secondary N) is 1. The third-order valence-corrected chi connectivity index (χ3v) is 4.32. The zero-order chi connectivity index (χ0) is 13.1. The van der Waals surface area contributed by atoms with Crippen LogP contribution in [0.25, 0.3) is 5.69 Å². The SMILES string of the molecule is Brc1cc(CC2CCCCN2)ccc1-n1ccnc1. The van der Waals surface area contributed by atoms with Gasteiger partial charge in [0.15, 0.2) is 0 Å². The van der Waals surface area contributed by atoms with E-state index in [4.69, 9.17) is 0 Å². The number of imidazole rings is 1. The van der Waals surface area contributed by atoms with Gasteiger partial charge in [0.05, 0.1) is 12.0 Å². The quantitative estimate of drug-likeness (QED) is 0.940. The summed E-state index contributed by atoms with van der Waals surface area (Å²) in [5, 5.41) is 3.60. The third-order valence-electron chi connectivity index (χ3n) is 3.69. The number of halogens is 1. The van der Waals surface area contributed by atoms with Gasteiger partial charge in [-0.15, -0.1) is 0 Å². The van der Waals surface area contributed by atoms with Gasteiger partial charge in [0, 0.05) is 22.9 Å². The second-order valence-corrected chi connectivity index (χ2v) is 5.96. The first-order valence-electron chi connectivity index (χ1n) is 6.83. The second kappa shape index (κ2) is 5.88. The van der Waals surface area contributed by atoms with Crippen molar-refractivity contribution in [3.63, 3.8) is 0 Å². The van der Waals surface area contributed by atoms with Crippen molar-refractivity contribution in [1.29, 1.82) is 0 Å². The highest BCUT2D eigenvalue weighted by Gasteiger charge is 2.13. The number of hydrogen-bond donors (Lipinski definition) is 1. The van der Waals surface area contributed by atoms with Gasteiger partial charge in [0.25, 0.3) is 0 Å². The van der Waals surface area contributed by atoms with Crippen molar-refractivity contribution in [3.05, 3.63) is 47.0 Å². The molecule has 0 bridgehead atoms. The standard InChI is InChI=1S/C15H18BrN3/c16-14-10-12(9-13-3-1-2-6-18-13)4-5-15(14)19-8-7-17-11-19/h4-5,7-8,10-11,13,18H,1-3,6,9H2. The van der Waals surface area contributed by atoms with E-state index < -0.39 is 0 Å². The normalized spacial score (nSPS) is 19.5. The van der Waals surface area contributed by atoms with E-state index in [1.807, 2.05) is 17.1 Å². The van der Waals surface area contributed by atoms with Crippen LogP contribution in [-0.4, -0.2) is 22.1 Å². The van der Waals surface area contributed by atoms with E-state index in [-0.39, 0.29) is 0 Å². The van der Waals surface area contributed by atoms with E-state index in [1.165, 1.54) is 31.4 Å². The number of hydrogen-bond acceptors (Lipinski definition) is 2. The number of aromatic nitrogens is 2. The fourth-order valence-electron chi connectivity index (χ4n) is 2.67. The van der Waals surface area contributed by atoms with Crippen LogP contribution in [0.3, 0.4) is 0 Å². The molecule has 4 heteroatoms. The minimum atomic E-state index is 0.639. The maximum Gasteiger partial charge on any atom is 0.0992 e. The van der Waals surface area contributed by atoms with Crippen LogP contribution < -0.4 is 5.32 Å². The zero-order valence-corrected chi connectivity index (χ0v) is 12.4. The van der Waals surface area contributed by atoms with Gasteiger partial charge in [-0.3, -0.25) is 0 Å². The Labute approximate surface area is 122 Å². The number of rotatable bonds is 3. The number of nitrogens with zero attached hydrogens (tertiary/aromatic N) is 2. The maximum atomic E-state index is 4.09. The van der Waals surface area contributed by atoms with Gasteiger partial charge in [-0.25, -0.2) is 4.98 Å². The molecule has 3 rings (SSSR count). The smallest absolute Gasteiger partial charge is 0.0992 e. The summed E-state index contributed by atoms with van der Waals surface area (Å²) < 4.78 is 3.14. The molecule has 1 fully saturated rings. The first-order valence-corrected chi connectivity index (χ1v) is 7.62. The van der Waals surface area contributed by atoms with Crippen LogP contribution in [0.5, 0.6) is 0 Å². The molecule has 2 aromatic rings. The minimum absolute atomic E-state index is 0.639. The summed E-state index contributed by atoms with van der Waals surface area (Å²) in [5.41, 5.74) is 2.52. The van der Waals surface area contributed by atoms with Crippen molar-refractivity contribution < 1.29 is 0 Å². The van der Waals surface area contributed by atoms with Gasteiger partial charge in [-0.1, -0.05) is 12.5 Å². The van der Waals surface area contributed by atoms with Gasteiger partial charge in [-0.05, 0) is 59.4 Å². The first kappa shape index (κ1) is 12.9. The average Bonchev–Trinajstić information content (AvgIpc) is 2.94. The Morgan fingerprint density at radius 3 is 3.00 bits per heavy atom. The Bertz CT molecular complexity index is 530. The van der Waals surface area contributed by atoms with Crippen molar-refractivity contribution in [1.82, 2.24) is 14.9 Å². The number of benzene rings is 1. The fraction of sp³-hybridized carbons (Fsp3) is 0.400. The predicted molar refractivity (Wildman–Crippen MR) is 80.6 cm³/mol. The van der Waals surface area contributed by atoms with E-state index in [1.54, 1.807) is 6.20 Å². The average molecular weight is 320 g/mol. The van der Waals surface area contributed by atoms with Crippen LogP contribution in [-0.2, 0) is 6.42 Å². The van der Waals surface area contributed by atoms with E-state index in [2.05, 4.69) is 44.4 Å². The summed E-state index contributed by atoms with van der Waals surface area (Å²) >= 11 is 3.66. The lowest BCUT2D eigenvalue weighted by Crippen LogP contribution is -2.35. The van der Waals surface area contributed by atoms with Crippen LogP contribution in [0.1, 0.15) is 24.8 Å². The summed E-state index contributed by atoms with van der Waals surface area (Å²) in [6.07, 6.45) is 10.7. The van der Waals surface area contributed by atoms with Crippen molar-refractivity contribution in [2.24, 2.45) is 0 Å².